The molecular weight excluding hydrogens is 716 g/mol. The van der Waals surface area contributed by atoms with Crippen LogP contribution in [0.5, 0.6) is 11.5 Å². The van der Waals surface area contributed by atoms with Gasteiger partial charge in [0.2, 0.25) is 6.79 Å². The van der Waals surface area contributed by atoms with Crippen LogP contribution in [-0.2, 0) is 31.8 Å². The summed E-state index contributed by atoms with van der Waals surface area (Å²) in [5.74, 6) is 0.807. The molecule has 1 saturated heterocycles. The Hall–Kier alpha value is -5.62. The second kappa shape index (κ2) is 14.9. The smallest absolute Gasteiger partial charge is 0.264 e. The highest BCUT2D eigenvalue weighted by Gasteiger charge is 2.35. The fraction of sp³-hybridized carbons (Fsp3) is 0.279. The number of nitrogens with zero attached hydrogens (tertiary/aromatic N) is 6. The van der Waals surface area contributed by atoms with Gasteiger partial charge >= 0.3 is 0 Å². The molecule has 9 rings (SSSR count). The van der Waals surface area contributed by atoms with Crippen LogP contribution < -0.4 is 14.4 Å². The van der Waals surface area contributed by atoms with Gasteiger partial charge in [-0.25, -0.2) is 4.98 Å². The van der Waals surface area contributed by atoms with Crippen LogP contribution in [0.3, 0.4) is 0 Å². The third-order valence-electron chi connectivity index (χ3n) is 11.1. The number of carbonyl (C=O) groups is 2. The summed E-state index contributed by atoms with van der Waals surface area (Å²) in [6, 6.07) is 27.6. The Morgan fingerprint density at radius 2 is 1.58 bits per heavy atom. The van der Waals surface area contributed by atoms with Gasteiger partial charge < -0.3 is 28.2 Å². The molecule has 0 unspecified atom stereocenters. The minimum atomic E-state index is -0.204. The van der Waals surface area contributed by atoms with Crippen LogP contribution in [0.15, 0.2) is 97.3 Å². The first-order chi connectivity index (χ1) is 26.3. The maximum atomic E-state index is 15.1. The first-order valence-corrected chi connectivity index (χ1v) is 18.4. The molecule has 0 radical (unpaired) electrons. The van der Waals surface area contributed by atoms with E-state index in [4.69, 9.17) is 19.2 Å². The summed E-state index contributed by atoms with van der Waals surface area (Å²) >= 11 is 0. The van der Waals surface area contributed by atoms with Crippen molar-refractivity contribution in [2.24, 2.45) is 14.1 Å². The number of ether oxygens (including phenoxy) is 3. The summed E-state index contributed by atoms with van der Waals surface area (Å²) in [6.07, 6.45) is 4.46. The monoisotopic (exact) mass is 758 g/mol. The zero-order valence-corrected chi connectivity index (χ0v) is 31.9. The number of hydrogen-bond donors (Lipinski definition) is 0. The van der Waals surface area contributed by atoms with Crippen LogP contribution in [0.25, 0.3) is 22.3 Å². The number of pyridine rings is 1. The summed E-state index contributed by atoms with van der Waals surface area (Å²) in [5, 5.41) is 0.935. The highest BCUT2D eigenvalue weighted by molar-refractivity contribution is 6.13. The van der Waals surface area contributed by atoms with Crippen molar-refractivity contribution in [3.63, 3.8) is 0 Å². The van der Waals surface area contributed by atoms with Crippen molar-refractivity contribution in [3.05, 3.63) is 125 Å². The molecule has 0 N–H and O–H groups in total. The van der Waals surface area contributed by atoms with Crippen molar-refractivity contribution in [1.29, 1.82) is 0 Å². The Bertz CT molecular complexity index is 2400. The standard InChI is InChI=1S/C43H42N6O5.ClH/c1-28-35(43(51)49(32-11-5-4-6-12-32)33-20-30-13-14-45(2)41(30)44-24-33)21-38(46(28)3)36-22-39-40(54-27-53-39)23-37(36)42(50)48-25-31-10-8-7-9-29(31)19-34(48)26-47-15-17-52-18-16-47;/h4-14,20-24,34H,15-19,25-27H2,1-3H3;1H/t34-;/m0./s1. The molecule has 55 heavy (non-hydrogen) atoms. The van der Waals surface area contributed by atoms with E-state index in [0.29, 0.717) is 53.6 Å². The number of rotatable bonds is 7. The molecule has 3 aliphatic heterocycles. The molecule has 1 atom stereocenters. The summed E-state index contributed by atoms with van der Waals surface area (Å²) in [5.41, 5.74) is 7.82. The highest BCUT2D eigenvalue weighted by atomic mass is 35.5. The van der Waals surface area contributed by atoms with Crippen molar-refractivity contribution in [2.45, 2.75) is 25.9 Å². The molecule has 3 aromatic heterocycles. The van der Waals surface area contributed by atoms with Gasteiger partial charge in [0.25, 0.3) is 11.8 Å². The van der Waals surface area contributed by atoms with Gasteiger partial charge in [0, 0.05) is 80.5 Å². The SMILES string of the molecule is Cc1c(C(=O)N(c2ccccc2)c2cnc3c(ccn3C)c2)cc(-c2cc3c(cc2C(=O)N2Cc4ccccc4C[C@H]2CN2CCOCC2)OCO3)n1C.Cl. The van der Waals surface area contributed by atoms with Crippen LogP contribution >= 0.6 is 12.4 Å². The van der Waals surface area contributed by atoms with Crippen LogP contribution in [-0.4, -0.2) is 81.4 Å². The van der Waals surface area contributed by atoms with E-state index in [0.717, 1.165) is 59.7 Å². The van der Waals surface area contributed by atoms with Crippen molar-refractivity contribution >= 4 is 46.6 Å². The molecule has 0 saturated carbocycles. The molecule has 6 heterocycles. The molecule has 0 spiro atoms. The number of aryl methyl sites for hydroxylation is 1. The normalized spacial score (nSPS) is 16.5. The van der Waals surface area contributed by atoms with Crippen molar-refractivity contribution in [1.82, 2.24) is 23.9 Å². The second-order valence-electron chi connectivity index (χ2n) is 14.3. The van der Waals surface area contributed by atoms with Crippen molar-refractivity contribution < 1.29 is 23.8 Å². The van der Waals surface area contributed by atoms with Crippen molar-refractivity contribution in [3.8, 4) is 22.8 Å². The predicted molar refractivity (Wildman–Crippen MR) is 214 cm³/mol. The van der Waals surface area contributed by atoms with E-state index in [9.17, 15) is 4.79 Å². The van der Waals surface area contributed by atoms with Gasteiger partial charge in [0.05, 0.1) is 36.2 Å². The first kappa shape index (κ1) is 36.4. The lowest BCUT2D eigenvalue weighted by Crippen LogP contribution is -2.52. The number of morpholine rings is 1. The summed E-state index contributed by atoms with van der Waals surface area (Å²) in [6.45, 7) is 6.32. The van der Waals surface area contributed by atoms with Crippen LogP contribution in [0.1, 0.15) is 37.5 Å². The molecule has 3 aromatic carbocycles. The third-order valence-corrected chi connectivity index (χ3v) is 11.1. The van der Waals surface area contributed by atoms with Crippen LogP contribution in [0, 0.1) is 6.92 Å². The average molecular weight is 759 g/mol. The van der Waals surface area contributed by atoms with E-state index in [1.807, 2.05) is 108 Å². The Labute approximate surface area is 326 Å². The number of aromatic nitrogens is 3. The maximum absolute atomic E-state index is 15.1. The van der Waals surface area contributed by atoms with Gasteiger partial charge in [-0.15, -0.1) is 12.4 Å². The molecule has 11 nitrogen and oxygen atoms in total. The minimum Gasteiger partial charge on any atom is -0.454 e. The molecule has 0 bridgehead atoms. The van der Waals surface area contributed by atoms with E-state index < -0.39 is 0 Å². The molecule has 2 amide bonds. The van der Waals surface area contributed by atoms with E-state index in [1.165, 1.54) is 5.56 Å². The number of para-hydroxylation sites is 1. The second-order valence-corrected chi connectivity index (χ2v) is 14.3. The highest BCUT2D eigenvalue weighted by Crippen LogP contribution is 2.42. The Morgan fingerprint density at radius 3 is 2.36 bits per heavy atom. The van der Waals surface area contributed by atoms with Crippen LogP contribution in [0.2, 0.25) is 0 Å². The van der Waals surface area contributed by atoms with Gasteiger partial charge in [0.1, 0.15) is 5.65 Å². The Kier molecular flexibility index (Phi) is 9.85. The molecule has 1 fully saturated rings. The largest absolute Gasteiger partial charge is 0.454 e. The number of hydrogen-bond acceptors (Lipinski definition) is 7. The fourth-order valence-corrected chi connectivity index (χ4v) is 8.08. The zero-order valence-electron chi connectivity index (χ0n) is 31.1. The Morgan fingerprint density at radius 1 is 0.855 bits per heavy atom. The topological polar surface area (TPSA) is 94.3 Å². The quantitative estimate of drug-likeness (QED) is 0.175. The predicted octanol–water partition coefficient (Wildman–Crippen LogP) is 6.92. The maximum Gasteiger partial charge on any atom is 0.264 e. The molecule has 3 aliphatic rings. The summed E-state index contributed by atoms with van der Waals surface area (Å²) in [7, 11) is 3.89. The summed E-state index contributed by atoms with van der Waals surface area (Å²) < 4.78 is 21.3. The van der Waals surface area contributed by atoms with Crippen LogP contribution in [0.4, 0.5) is 11.4 Å². The number of anilines is 2. The van der Waals surface area contributed by atoms with E-state index in [1.54, 1.807) is 11.1 Å². The lowest BCUT2D eigenvalue weighted by atomic mass is 9.92. The number of halogens is 1. The lowest BCUT2D eigenvalue weighted by Gasteiger charge is -2.40. The first-order valence-electron chi connectivity index (χ1n) is 18.4. The molecule has 12 heteroatoms. The average Bonchev–Trinajstić information content (AvgIpc) is 3.91. The zero-order chi connectivity index (χ0) is 36.9. The van der Waals surface area contributed by atoms with Gasteiger partial charge in [-0.3, -0.25) is 19.4 Å². The van der Waals surface area contributed by atoms with E-state index >= 15 is 4.79 Å². The Balaban J connectivity index is 0.00000427. The third kappa shape index (κ3) is 6.62. The molecule has 282 valence electrons. The minimum absolute atomic E-state index is 0. The van der Waals surface area contributed by atoms with E-state index in [2.05, 4.69) is 23.1 Å². The van der Waals surface area contributed by atoms with Gasteiger partial charge in [-0.05, 0) is 66.9 Å². The molecule has 6 aromatic rings. The number of carbonyl (C=O) groups excluding carboxylic acids is 2. The lowest BCUT2D eigenvalue weighted by molar-refractivity contribution is 0.0193. The molecular formula is C43H43ClN6O5. The molecule has 0 aliphatic carbocycles. The number of fused-ring (bicyclic) bond motifs is 3. The van der Waals surface area contributed by atoms with Gasteiger partial charge in [-0.1, -0.05) is 42.5 Å². The van der Waals surface area contributed by atoms with Gasteiger partial charge in [-0.2, -0.15) is 0 Å². The van der Waals surface area contributed by atoms with Gasteiger partial charge in [0.15, 0.2) is 11.5 Å². The summed E-state index contributed by atoms with van der Waals surface area (Å²) in [4.78, 5) is 40.8. The van der Waals surface area contributed by atoms with E-state index in [-0.39, 0.29) is 37.1 Å². The number of amides is 2. The van der Waals surface area contributed by atoms with Crippen molar-refractivity contribution in [2.75, 3.05) is 44.5 Å². The number of benzene rings is 3. The fourth-order valence-electron chi connectivity index (χ4n) is 8.08.